The highest BCUT2D eigenvalue weighted by Gasteiger charge is 2.08. The van der Waals surface area contributed by atoms with Crippen LogP contribution in [0.1, 0.15) is 16.1 Å². The molecule has 76 valence electrons. The fraction of sp³-hybridized carbons (Fsp3) is 0.0909. The van der Waals surface area contributed by atoms with Crippen molar-refractivity contribution >= 4 is 6.29 Å². The van der Waals surface area contributed by atoms with E-state index in [4.69, 9.17) is 0 Å². The van der Waals surface area contributed by atoms with E-state index >= 15 is 0 Å². The molecule has 1 aromatic carbocycles. The van der Waals surface area contributed by atoms with E-state index in [1.807, 2.05) is 0 Å². The summed E-state index contributed by atoms with van der Waals surface area (Å²) in [5, 5.41) is 0. The van der Waals surface area contributed by atoms with Gasteiger partial charge in [0.05, 0.1) is 5.69 Å². The molecular weight excluding hydrogens is 192 g/mol. The van der Waals surface area contributed by atoms with Crippen LogP contribution in [0.15, 0.2) is 35.3 Å². The van der Waals surface area contributed by atoms with Crippen LogP contribution < -0.4 is 5.69 Å². The minimum atomic E-state index is -0.234. The highest BCUT2D eigenvalue weighted by Crippen LogP contribution is 2.12. The Bertz CT molecular complexity index is 552. The zero-order valence-corrected chi connectivity index (χ0v) is 8.23. The molecule has 0 aliphatic rings. The Morgan fingerprint density at radius 2 is 2.07 bits per heavy atom. The van der Waals surface area contributed by atoms with Crippen LogP contribution in [0.4, 0.5) is 0 Å². The molecule has 1 aromatic heterocycles. The van der Waals surface area contributed by atoms with Gasteiger partial charge in [-0.2, -0.15) is 0 Å². The molecule has 0 aliphatic carbocycles. The van der Waals surface area contributed by atoms with Gasteiger partial charge in [0.1, 0.15) is 0 Å². The SMILES string of the molecule is Cc1c[nH]c(=O)n1-c1ccccc1C=O. The number of nitrogens with zero attached hydrogens (tertiary/aromatic N) is 1. The Hall–Kier alpha value is -2.10. The van der Waals surface area contributed by atoms with Crippen molar-refractivity contribution in [2.24, 2.45) is 0 Å². The first-order valence-electron chi connectivity index (χ1n) is 4.55. The Kier molecular flexibility index (Phi) is 2.25. The molecule has 0 bridgehead atoms. The molecule has 2 rings (SSSR count). The van der Waals surface area contributed by atoms with Crippen LogP contribution in [0.5, 0.6) is 0 Å². The molecule has 4 heteroatoms. The predicted molar refractivity (Wildman–Crippen MR) is 56.5 cm³/mol. The summed E-state index contributed by atoms with van der Waals surface area (Å²) < 4.78 is 1.48. The molecular formula is C11H10N2O2. The lowest BCUT2D eigenvalue weighted by molar-refractivity contribution is 0.112. The zero-order valence-electron chi connectivity index (χ0n) is 8.23. The molecule has 4 nitrogen and oxygen atoms in total. The third-order valence-corrected chi connectivity index (χ3v) is 2.26. The summed E-state index contributed by atoms with van der Waals surface area (Å²) in [6.45, 7) is 1.81. The van der Waals surface area contributed by atoms with E-state index in [2.05, 4.69) is 4.98 Å². The number of carbonyl (C=O) groups excluding carboxylic acids is 1. The van der Waals surface area contributed by atoms with Crippen LogP contribution in [-0.2, 0) is 0 Å². The fourth-order valence-corrected chi connectivity index (χ4v) is 1.55. The molecule has 0 spiro atoms. The summed E-state index contributed by atoms with van der Waals surface area (Å²) >= 11 is 0. The molecule has 15 heavy (non-hydrogen) atoms. The van der Waals surface area contributed by atoms with E-state index in [1.54, 1.807) is 37.4 Å². The summed E-state index contributed by atoms with van der Waals surface area (Å²) in [7, 11) is 0. The smallest absolute Gasteiger partial charge is 0.312 e. The number of hydrogen-bond acceptors (Lipinski definition) is 2. The second-order valence-corrected chi connectivity index (χ2v) is 3.25. The number of benzene rings is 1. The average Bonchev–Trinajstić information content (AvgIpc) is 2.59. The molecule has 0 unspecified atom stereocenters. The summed E-state index contributed by atoms with van der Waals surface area (Å²) in [6, 6.07) is 6.98. The molecule has 0 saturated carbocycles. The minimum Gasteiger partial charge on any atom is -0.312 e. The number of aryl methyl sites for hydroxylation is 1. The van der Waals surface area contributed by atoms with Crippen LogP contribution in [0.2, 0.25) is 0 Å². The van der Waals surface area contributed by atoms with E-state index in [0.29, 0.717) is 11.3 Å². The van der Waals surface area contributed by atoms with Crippen molar-refractivity contribution in [1.82, 2.24) is 9.55 Å². The third kappa shape index (κ3) is 1.50. The highest BCUT2D eigenvalue weighted by molar-refractivity contribution is 5.80. The largest absolute Gasteiger partial charge is 0.330 e. The molecule has 2 aromatic rings. The highest BCUT2D eigenvalue weighted by atomic mass is 16.1. The van der Waals surface area contributed by atoms with Gasteiger partial charge in [-0.15, -0.1) is 0 Å². The minimum absolute atomic E-state index is 0.234. The summed E-state index contributed by atoms with van der Waals surface area (Å²) in [4.78, 5) is 24.9. The summed E-state index contributed by atoms with van der Waals surface area (Å²) in [6.07, 6.45) is 2.36. The quantitative estimate of drug-likeness (QED) is 0.746. The maximum absolute atomic E-state index is 11.5. The number of carbonyl (C=O) groups is 1. The molecule has 0 amide bonds. The molecule has 1 N–H and O–H groups in total. The number of nitrogens with one attached hydrogen (secondary N) is 1. The lowest BCUT2D eigenvalue weighted by atomic mass is 10.2. The number of aromatic amines is 1. The average molecular weight is 202 g/mol. The van der Waals surface area contributed by atoms with Crippen molar-refractivity contribution < 1.29 is 4.79 Å². The van der Waals surface area contributed by atoms with Gasteiger partial charge in [0, 0.05) is 17.5 Å². The van der Waals surface area contributed by atoms with E-state index in [-0.39, 0.29) is 5.69 Å². The molecule has 0 fully saturated rings. The Morgan fingerprint density at radius 1 is 1.33 bits per heavy atom. The second kappa shape index (κ2) is 3.57. The number of rotatable bonds is 2. The third-order valence-electron chi connectivity index (χ3n) is 2.26. The summed E-state index contributed by atoms with van der Waals surface area (Å²) in [5.41, 5.74) is 1.65. The first-order valence-corrected chi connectivity index (χ1v) is 4.55. The predicted octanol–water partition coefficient (Wildman–Crippen LogP) is 1.29. The maximum Gasteiger partial charge on any atom is 0.330 e. The van der Waals surface area contributed by atoms with Crippen LogP contribution in [0.25, 0.3) is 5.69 Å². The first-order chi connectivity index (χ1) is 7.24. The van der Waals surface area contributed by atoms with Crippen molar-refractivity contribution in [3.63, 3.8) is 0 Å². The molecule has 0 aliphatic heterocycles. The van der Waals surface area contributed by atoms with E-state index in [0.717, 1.165) is 12.0 Å². The van der Waals surface area contributed by atoms with Gasteiger partial charge in [0.15, 0.2) is 6.29 Å². The van der Waals surface area contributed by atoms with Crippen molar-refractivity contribution in [1.29, 1.82) is 0 Å². The topological polar surface area (TPSA) is 54.9 Å². The Morgan fingerprint density at radius 3 is 2.67 bits per heavy atom. The van der Waals surface area contributed by atoms with Gasteiger partial charge in [-0.1, -0.05) is 12.1 Å². The number of aldehydes is 1. The molecule has 0 radical (unpaired) electrons. The standard InChI is InChI=1S/C11H10N2O2/c1-8-6-12-11(15)13(8)10-5-3-2-4-9(10)7-14/h2-7H,1H3,(H,12,15). The van der Waals surface area contributed by atoms with Gasteiger partial charge < -0.3 is 4.98 Å². The van der Waals surface area contributed by atoms with Crippen LogP contribution in [0.3, 0.4) is 0 Å². The monoisotopic (exact) mass is 202 g/mol. The van der Waals surface area contributed by atoms with E-state index in [1.165, 1.54) is 4.57 Å². The first kappa shape index (κ1) is 9.45. The lowest BCUT2D eigenvalue weighted by Crippen LogP contribution is -2.17. The van der Waals surface area contributed by atoms with Crippen LogP contribution in [-0.4, -0.2) is 15.8 Å². The van der Waals surface area contributed by atoms with E-state index < -0.39 is 0 Å². The Balaban J connectivity index is 2.74. The van der Waals surface area contributed by atoms with Crippen molar-refractivity contribution in [2.45, 2.75) is 6.92 Å². The number of hydrogen-bond donors (Lipinski definition) is 1. The normalized spacial score (nSPS) is 10.2. The molecule has 1 heterocycles. The second-order valence-electron chi connectivity index (χ2n) is 3.25. The van der Waals surface area contributed by atoms with Gasteiger partial charge >= 0.3 is 5.69 Å². The van der Waals surface area contributed by atoms with Gasteiger partial charge in [0.2, 0.25) is 0 Å². The fourth-order valence-electron chi connectivity index (χ4n) is 1.55. The maximum atomic E-state index is 11.5. The molecule has 0 atom stereocenters. The summed E-state index contributed by atoms with van der Waals surface area (Å²) in [5.74, 6) is 0. The Labute approximate surface area is 86.2 Å². The van der Waals surface area contributed by atoms with Gasteiger partial charge in [-0.05, 0) is 19.1 Å². The zero-order chi connectivity index (χ0) is 10.8. The lowest BCUT2D eigenvalue weighted by Gasteiger charge is -2.05. The number of aromatic nitrogens is 2. The van der Waals surface area contributed by atoms with Gasteiger partial charge in [0.25, 0.3) is 0 Å². The molecule has 0 saturated heterocycles. The number of H-pyrrole nitrogens is 1. The number of imidazole rings is 1. The van der Waals surface area contributed by atoms with Gasteiger partial charge in [-0.3, -0.25) is 9.36 Å². The van der Waals surface area contributed by atoms with E-state index in [9.17, 15) is 9.59 Å². The van der Waals surface area contributed by atoms with Gasteiger partial charge in [-0.25, -0.2) is 4.79 Å². The van der Waals surface area contributed by atoms with Crippen molar-refractivity contribution in [2.75, 3.05) is 0 Å². The van der Waals surface area contributed by atoms with Crippen LogP contribution in [0, 0.1) is 6.92 Å². The van der Waals surface area contributed by atoms with Crippen molar-refractivity contribution in [3.8, 4) is 5.69 Å². The van der Waals surface area contributed by atoms with Crippen LogP contribution >= 0.6 is 0 Å². The van der Waals surface area contributed by atoms with Crippen molar-refractivity contribution in [3.05, 3.63) is 52.2 Å². The number of para-hydroxylation sites is 1.